The van der Waals surface area contributed by atoms with E-state index in [1.165, 1.54) is 24.8 Å². The van der Waals surface area contributed by atoms with Crippen LogP contribution in [0.1, 0.15) is 31.7 Å². The SMILES string of the molecule is CCCCCN(C)Cc1ccc(Br)cc1Cl. The zero-order chi connectivity index (χ0) is 12.0. The third-order valence-corrected chi connectivity index (χ3v) is 3.44. The van der Waals surface area contributed by atoms with Crippen molar-refractivity contribution in [3.05, 3.63) is 33.3 Å². The van der Waals surface area contributed by atoms with E-state index in [2.05, 4.69) is 40.9 Å². The van der Waals surface area contributed by atoms with Crippen molar-refractivity contribution in [3.63, 3.8) is 0 Å². The number of hydrogen-bond donors (Lipinski definition) is 0. The Balaban J connectivity index is 2.46. The van der Waals surface area contributed by atoms with Gasteiger partial charge in [-0.3, -0.25) is 0 Å². The van der Waals surface area contributed by atoms with Crippen LogP contribution < -0.4 is 0 Å². The minimum Gasteiger partial charge on any atom is -0.302 e. The van der Waals surface area contributed by atoms with Gasteiger partial charge in [0.1, 0.15) is 0 Å². The van der Waals surface area contributed by atoms with E-state index in [9.17, 15) is 0 Å². The van der Waals surface area contributed by atoms with Gasteiger partial charge in [-0.1, -0.05) is 53.4 Å². The molecule has 16 heavy (non-hydrogen) atoms. The number of nitrogens with zero attached hydrogens (tertiary/aromatic N) is 1. The van der Waals surface area contributed by atoms with E-state index >= 15 is 0 Å². The summed E-state index contributed by atoms with van der Waals surface area (Å²) in [6.45, 7) is 4.29. The van der Waals surface area contributed by atoms with E-state index in [4.69, 9.17) is 11.6 Å². The molecule has 0 spiro atoms. The first kappa shape index (κ1) is 14.0. The van der Waals surface area contributed by atoms with Gasteiger partial charge in [-0.2, -0.15) is 0 Å². The molecule has 0 aliphatic heterocycles. The average molecular weight is 305 g/mol. The molecule has 3 heteroatoms. The maximum atomic E-state index is 6.18. The van der Waals surface area contributed by atoms with Gasteiger partial charge in [-0.05, 0) is 37.7 Å². The summed E-state index contributed by atoms with van der Waals surface area (Å²) in [5.41, 5.74) is 1.20. The zero-order valence-electron chi connectivity index (χ0n) is 9.97. The van der Waals surface area contributed by atoms with Crippen LogP contribution in [0.15, 0.2) is 22.7 Å². The second-order valence-electron chi connectivity index (χ2n) is 4.18. The molecule has 0 aliphatic rings. The summed E-state index contributed by atoms with van der Waals surface area (Å²) in [6.07, 6.45) is 3.84. The molecule has 0 aliphatic carbocycles. The highest BCUT2D eigenvalue weighted by atomic mass is 79.9. The molecule has 1 nitrogen and oxygen atoms in total. The number of unbranched alkanes of at least 4 members (excludes halogenated alkanes) is 2. The number of halogens is 2. The van der Waals surface area contributed by atoms with Crippen molar-refractivity contribution in [2.75, 3.05) is 13.6 Å². The highest BCUT2D eigenvalue weighted by Crippen LogP contribution is 2.22. The molecule has 1 rings (SSSR count). The Labute approximate surface area is 112 Å². The summed E-state index contributed by atoms with van der Waals surface area (Å²) in [5, 5.41) is 0.844. The van der Waals surface area contributed by atoms with Crippen molar-refractivity contribution in [1.82, 2.24) is 4.90 Å². The van der Waals surface area contributed by atoms with Crippen molar-refractivity contribution < 1.29 is 0 Å². The molecule has 0 amide bonds. The van der Waals surface area contributed by atoms with Crippen LogP contribution >= 0.6 is 27.5 Å². The molecular formula is C13H19BrClN. The molecule has 1 aromatic rings. The molecule has 0 atom stereocenters. The molecular weight excluding hydrogens is 286 g/mol. The molecule has 0 saturated carbocycles. The van der Waals surface area contributed by atoms with E-state index < -0.39 is 0 Å². The fourth-order valence-electron chi connectivity index (χ4n) is 1.65. The van der Waals surface area contributed by atoms with Crippen molar-refractivity contribution in [1.29, 1.82) is 0 Å². The van der Waals surface area contributed by atoms with Crippen molar-refractivity contribution in [2.45, 2.75) is 32.7 Å². The quantitative estimate of drug-likeness (QED) is 0.687. The molecule has 0 fully saturated rings. The third-order valence-electron chi connectivity index (χ3n) is 2.60. The number of rotatable bonds is 6. The van der Waals surface area contributed by atoms with Gasteiger partial charge in [-0.15, -0.1) is 0 Å². The van der Waals surface area contributed by atoms with E-state index in [1.807, 2.05) is 12.1 Å². The van der Waals surface area contributed by atoms with Crippen molar-refractivity contribution in [3.8, 4) is 0 Å². The molecule has 0 bridgehead atoms. The minimum atomic E-state index is 0.844. The molecule has 0 radical (unpaired) electrons. The third kappa shape index (κ3) is 4.86. The molecule has 1 aromatic carbocycles. The predicted octanol–water partition coefficient (Wildman–Crippen LogP) is 4.72. The van der Waals surface area contributed by atoms with Gasteiger partial charge in [-0.25, -0.2) is 0 Å². The Morgan fingerprint density at radius 3 is 2.69 bits per heavy atom. The van der Waals surface area contributed by atoms with Gasteiger partial charge in [0.25, 0.3) is 0 Å². The molecule has 0 unspecified atom stereocenters. The van der Waals surface area contributed by atoms with Crippen LogP contribution in [0.25, 0.3) is 0 Å². The Morgan fingerprint density at radius 2 is 2.06 bits per heavy atom. The largest absolute Gasteiger partial charge is 0.302 e. The summed E-state index contributed by atoms with van der Waals surface area (Å²) < 4.78 is 1.04. The first-order valence-corrected chi connectivity index (χ1v) is 6.93. The highest BCUT2D eigenvalue weighted by molar-refractivity contribution is 9.10. The fraction of sp³-hybridized carbons (Fsp3) is 0.538. The zero-order valence-corrected chi connectivity index (χ0v) is 12.3. The summed E-state index contributed by atoms with van der Waals surface area (Å²) in [7, 11) is 2.15. The second kappa shape index (κ2) is 7.31. The van der Waals surface area contributed by atoms with Crippen molar-refractivity contribution in [2.24, 2.45) is 0 Å². The number of hydrogen-bond acceptors (Lipinski definition) is 1. The van der Waals surface area contributed by atoms with Gasteiger partial charge in [0.15, 0.2) is 0 Å². The monoisotopic (exact) mass is 303 g/mol. The molecule has 0 aromatic heterocycles. The summed E-state index contributed by atoms with van der Waals surface area (Å²) >= 11 is 9.59. The van der Waals surface area contributed by atoms with Gasteiger partial charge >= 0.3 is 0 Å². The summed E-state index contributed by atoms with van der Waals surface area (Å²) in [5.74, 6) is 0. The second-order valence-corrected chi connectivity index (χ2v) is 5.50. The Kier molecular flexibility index (Phi) is 6.40. The van der Waals surface area contributed by atoms with E-state index in [-0.39, 0.29) is 0 Å². The molecule has 0 saturated heterocycles. The maximum Gasteiger partial charge on any atom is 0.0462 e. The van der Waals surface area contributed by atoms with Crippen LogP contribution in [-0.4, -0.2) is 18.5 Å². The maximum absolute atomic E-state index is 6.18. The topological polar surface area (TPSA) is 3.24 Å². The fourth-order valence-corrected chi connectivity index (χ4v) is 2.38. The molecule has 0 heterocycles. The Morgan fingerprint density at radius 1 is 1.31 bits per heavy atom. The lowest BCUT2D eigenvalue weighted by Gasteiger charge is -2.17. The lowest BCUT2D eigenvalue weighted by molar-refractivity contribution is 0.318. The van der Waals surface area contributed by atoms with E-state index in [0.717, 1.165) is 22.6 Å². The van der Waals surface area contributed by atoms with Crippen LogP contribution in [0.4, 0.5) is 0 Å². The first-order chi connectivity index (χ1) is 7.63. The molecule has 90 valence electrons. The lowest BCUT2D eigenvalue weighted by Crippen LogP contribution is -2.19. The van der Waals surface area contributed by atoms with Gasteiger partial charge < -0.3 is 4.90 Å². The van der Waals surface area contributed by atoms with Gasteiger partial charge in [0.2, 0.25) is 0 Å². The average Bonchev–Trinajstić information content (AvgIpc) is 2.23. The lowest BCUT2D eigenvalue weighted by atomic mass is 10.2. The number of benzene rings is 1. The van der Waals surface area contributed by atoms with Crippen LogP contribution in [0.5, 0.6) is 0 Å². The molecule has 0 N–H and O–H groups in total. The summed E-state index contributed by atoms with van der Waals surface area (Å²) in [6, 6.07) is 6.08. The van der Waals surface area contributed by atoms with E-state index in [0.29, 0.717) is 0 Å². The predicted molar refractivity (Wildman–Crippen MR) is 75.0 cm³/mol. The smallest absolute Gasteiger partial charge is 0.0462 e. The van der Waals surface area contributed by atoms with Crippen LogP contribution in [0.3, 0.4) is 0 Å². The van der Waals surface area contributed by atoms with Crippen molar-refractivity contribution >= 4 is 27.5 Å². The van der Waals surface area contributed by atoms with Crippen LogP contribution in [-0.2, 0) is 6.54 Å². The van der Waals surface area contributed by atoms with Crippen LogP contribution in [0.2, 0.25) is 5.02 Å². The minimum absolute atomic E-state index is 0.844. The van der Waals surface area contributed by atoms with Crippen LogP contribution in [0, 0.1) is 0 Å². The summed E-state index contributed by atoms with van der Waals surface area (Å²) in [4.78, 5) is 2.32. The highest BCUT2D eigenvalue weighted by Gasteiger charge is 2.04. The first-order valence-electron chi connectivity index (χ1n) is 5.76. The van der Waals surface area contributed by atoms with Gasteiger partial charge in [0.05, 0.1) is 0 Å². The normalized spacial score (nSPS) is 11.1. The van der Waals surface area contributed by atoms with E-state index in [1.54, 1.807) is 0 Å². The Hall–Kier alpha value is -0.0500. The van der Waals surface area contributed by atoms with Gasteiger partial charge in [0, 0.05) is 16.0 Å². The Bertz CT molecular complexity index is 328. The standard InChI is InChI=1S/C13H19BrClN/c1-3-4-5-8-16(2)10-11-6-7-12(14)9-13(11)15/h6-7,9H,3-5,8,10H2,1-2H3.